The number of anilines is 1. The first-order valence-corrected chi connectivity index (χ1v) is 6.69. The molecule has 22 heavy (non-hydrogen) atoms. The average Bonchev–Trinajstić information content (AvgIpc) is 2.67. The van der Waals surface area contributed by atoms with Crippen molar-refractivity contribution in [3.05, 3.63) is 33.2 Å². The maximum atomic E-state index is 14.6. The van der Waals surface area contributed by atoms with Crippen molar-refractivity contribution in [1.82, 2.24) is 9.55 Å². The minimum atomic E-state index is -3.33. The van der Waals surface area contributed by atoms with E-state index < -0.39 is 29.4 Å². The summed E-state index contributed by atoms with van der Waals surface area (Å²) in [5.74, 6) is -4.64. The quantitative estimate of drug-likeness (QED) is 0.519. The third-order valence-corrected chi connectivity index (χ3v) is 4.15. The van der Waals surface area contributed by atoms with Crippen molar-refractivity contribution in [2.45, 2.75) is 38.0 Å². The molecule has 1 saturated heterocycles. The first-order valence-electron chi connectivity index (χ1n) is 6.69. The Morgan fingerprint density at radius 1 is 1.64 bits per heavy atom. The highest BCUT2D eigenvalue weighted by molar-refractivity contribution is 5.23. The number of rotatable bonds is 4. The number of azide groups is 1. The van der Waals surface area contributed by atoms with E-state index in [1.165, 1.54) is 13.0 Å². The Labute approximate surface area is 124 Å². The van der Waals surface area contributed by atoms with Crippen molar-refractivity contribution in [2.24, 2.45) is 11.0 Å². The van der Waals surface area contributed by atoms with Crippen LogP contribution >= 0.6 is 0 Å². The molecule has 0 aliphatic carbocycles. The van der Waals surface area contributed by atoms with Crippen LogP contribution in [0.3, 0.4) is 0 Å². The highest BCUT2D eigenvalue weighted by atomic mass is 19.3. The van der Waals surface area contributed by atoms with Crippen LogP contribution in [-0.4, -0.2) is 27.6 Å². The van der Waals surface area contributed by atoms with Crippen molar-refractivity contribution in [2.75, 3.05) is 12.3 Å². The summed E-state index contributed by atoms with van der Waals surface area (Å²) >= 11 is 0. The summed E-state index contributed by atoms with van der Waals surface area (Å²) in [7, 11) is 0. The van der Waals surface area contributed by atoms with Gasteiger partial charge in [-0.25, -0.2) is 13.6 Å². The van der Waals surface area contributed by atoms with Crippen LogP contribution in [0.2, 0.25) is 0 Å². The zero-order valence-electron chi connectivity index (χ0n) is 12.1. The van der Waals surface area contributed by atoms with Gasteiger partial charge in [-0.3, -0.25) is 4.57 Å². The Kier molecular flexibility index (Phi) is 4.08. The molecule has 0 bridgehead atoms. The van der Waals surface area contributed by atoms with Crippen LogP contribution < -0.4 is 11.4 Å². The molecule has 0 saturated carbocycles. The van der Waals surface area contributed by atoms with Gasteiger partial charge in [-0.2, -0.15) is 4.98 Å². The molecule has 1 aromatic rings. The third kappa shape index (κ3) is 2.40. The highest BCUT2D eigenvalue weighted by Crippen LogP contribution is 2.53. The number of hydrogen-bond acceptors (Lipinski definition) is 5. The molecule has 1 aliphatic rings. The fourth-order valence-electron chi connectivity index (χ4n) is 2.64. The maximum Gasteiger partial charge on any atom is 0.351 e. The molecule has 10 heteroatoms. The van der Waals surface area contributed by atoms with Crippen LogP contribution in [0.1, 0.15) is 26.5 Å². The number of ether oxygens (including phenoxy) is 1. The topological polar surface area (TPSA) is 119 Å². The summed E-state index contributed by atoms with van der Waals surface area (Å²) < 4.78 is 35.4. The lowest BCUT2D eigenvalue weighted by atomic mass is 9.84. The predicted molar refractivity (Wildman–Crippen MR) is 74.2 cm³/mol. The number of nitrogen functional groups attached to an aromatic ring is 1. The largest absolute Gasteiger partial charge is 0.383 e. The van der Waals surface area contributed by atoms with Gasteiger partial charge in [0.1, 0.15) is 5.82 Å². The monoisotopic (exact) mass is 314 g/mol. The van der Waals surface area contributed by atoms with Crippen molar-refractivity contribution in [1.29, 1.82) is 0 Å². The summed E-state index contributed by atoms with van der Waals surface area (Å²) in [6.07, 6.45) is -0.497. The summed E-state index contributed by atoms with van der Waals surface area (Å²) in [5.41, 5.74) is 11.5. The van der Waals surface area contributed by atoms with Crippen molar-refractivity contribution < 1.29 is 13.5 Å². The van der Waals surface area contributed by atoms with Gasteiger partial charge in [0, 0.05) is 11.1 Å². The normalized spacial score (nSPS) is 30.0. The summed E-state index contributed by atoms with van der Waals surface area (Å²) in [6, 6.07) is 1.24. The molecule has 2 rings (SSSR count). The van der Waals surface area contributed by atoms with Gasteiger partial charge in [0.25, 0.3) is 5.92 Å². The molecular weight excluding hydrogens is 298 g/mol. The second kappa shape index (κ2) is 5.54. The Balaban J connectivity index is 2.49. The number of alkyl halides is 2. The number of hydrogen-bond donors (Lipinski definition) is 1. The first kappa shape index (κ1) is 16.2. The molecule has 8 nitrogen and oxygen atoms in total. The van der Waals surface area contributed by atoms with Gasteiger partial charge >= 0.3 is 5.69 Å². The van der Waals surface area contributed by atoms with Gasteiger partial charge in [-0.05, 0) is 18.0 Å². The van der Waals surface area contributed by atoms with E-state index in [0.29, 0.717) is 4.57 Å². The molecular formula is C12H16F2N6O2. The molecule has 1 aliphatic heterocycles. The Morgan fingerprint density at radius 2 is 2.32 bits per heavy atom. The van der Waals surface area contributed by atoms with E-state index in [9.17, 15) is 13.6 Å². The van der Waals surface area contributed by atoms with Gasteiger partial charge in [-0.15, -0.1) is 0 Å². The van der Waals surface area contributed by atoms with Gasteiger partial charge in [0.15, 0.2) is 0 Å². The molecule has 3 atom stereocenters. The molecule has 2 heterocycles. The molecule has 0 aromatic carbocycles. The van der Waals surface area contributed by atoms with E-state index in [4.69, 9.17) is 16.0 Å². The molecule has 2 N–H and O–H groups in total. The maximum absolute atomic E-state index is 14.6. The summed E-state index contributed by atoms with van der Waals surface area (Å²) in [6.45, 7) is 2.72. The Hall–Kier alpha value is -2.19. The van der Waals surface area contributed by atoms with Crippen LogP contribution in [0.15, 0.2) is 22.2 Å². The zero-order chi connectivity index (χ0) is 16.5. The van der Waals surface area contributed by atoms with Crippen LogP contribution in [0.25, 0.3) is 10.4 Å². The summed E-state index contributed by atoms with van der Waals surface area (Å²) in [5, 5.41) is 3.38. The van der Waals surface area contributed by atoms with E-state index in [1.54, 1.807) is 6.92 Å². The van der Waals surface area contributed by atoms with Crippen LogP contribution in [0.5, 0.6) is 0 Å². The highest BCUT2D eigenvalue weighted by Gasteiger charge is 2.63. The minimum absolute atomic E-state index is 0.0635. The molecule has 0 spiro atoms. The fourth-order valence-corrected chi connectivity index (χ4v) is 2.64. The Bertz CT molecular complexity index is 672. The van der Waals surface area contributed by atoms with Crippen molar-refractivity contribution in [3.63, 3.8) is 0 Å². The molecule has 0 radical (unpaired) electrons. The van der Waals surface area contributed by atoms with E-state index in [0.717, 1.165) is 6.20 Å². The van der Waals surface area contributed by atoms with Crippen LogP contribution in [0, 0.1) is 5.92 Å². The number of nitrogens with two attached hydrogens (primary N) is 1. The minimum Gasteiger partial charge on any atom is -0.383 e. The third-order valence-electron chi connectivity index (χ3n) is 4.15. The first-order chi connectivity index (χ1) is 10.3. The molecule has 120 valence electrons. The lowest BCUT2D eigenvalue weighted by Crippen LogP contribution is -2.41. The van der Waals surface area contributed by atoms with Crippen LogP contribution in [0.4, 0.5) is 14.6 Å². The van der Waals surface area contributed by atoms with Crippen molar-refractivity contribution in [3.8, 4) is 0 Å². The zero-order valence-corrected chi connectivity index (χ0v) is 12.1. The molecule has 1 fully saturated rings. The number of aromatic nitrogens is 2. The number of nitrogens with zero attached hydrogens (tertiary/aromatic N) is 5. The van der Waals surface area contributed by atoms with E-state index in [2.05, 4.69) is 15.0 Å². The SMILES string of the molecule is CC[C@@]1(CN=[N+]=[N-])O[C@@H](n2ccc(N)nc2=O)C(F)(F)[C@@H]1C. The fraction of sp³-hybridized carbons (Fsp3) is 0.667. The van der Waals surface area contributed by atoms with Gasteiger partial charge in [0.05, 0.1) is 18.1 Å². The van der Waals surface area contributed by atoms with Crippen LogP contribution in [-0.2, 0) is 4.74 Å². The predicted octanol–water partition coefficient (Wildman–Crippen LogP) is 2.08. The lowest BCUT2D eigenvalue weighted by molar-refractivity contribution is -0.136. The lowest BCUT2D eigenvalue weighted by Gasteiger charge is -2.29. The second-order valence-corrected chi connectivity index (χ2v) is 5.22. The van der Waals surface area contributed by atoms with Gasteiger partial charge in [-0.1, -0.05) is 19.0 Å². The molecule has 0 unspecified atom stereocenters. The van der Waals surface area contributed by atoms with Crippen molar-refractivity contribution >= 4 is 5.82 Å². The molecule has 1 aromatic heterocycles. The van der Waals surface area contributed by atoms with Gasteiger partial charge < -0.3 is 10.5 Å². The molecule has 0 amide bonds. The standard InChI is InChI=1S/C12H16F2N6O2/c1-3-11(6-17-19-16)7(2)12(13,14)9(22-11)20-5-4-8(15)18-10(20)21/h4-5,7,9H,3,6H2,1-2H3,(H2,15,18,21)/t7-,9-,11+/m1/s1. The summed E-state index contributed by atoms with van der Waals surface area (Å²) in [4.78, 5) is 17.8. The average molecular weight is 314 g/mol. The smallest absolute Gasteiger partial charge is 0.351 e. The van der Waals surface area contributed by atoms with Gasteiger partial charge in [0.2, 0.25) is 6.23 Å². The Morgan fingerprint density at radius 3 is 2.86 bits per heavy atom. The number of halogens is 2. The van der Waals surface area contributed by atoms with E-state index >= 15 is 0 Å². The van der Waals surface area contributed by atoms with E-state index in [-0.39, 0.29) is 18.8 Å². The van der Waals surface area contributed by atoms with E-state index in [1.807, 2.05) is 0 Å². The second-order valence-electron chi connectivity index (χ2n) is 5.22.